The van der Waals surface area contributed by atoms with E-state index < -0.39 is 0 Å². The van der Waals surface area contributed by atoms with Crippen LogP contribution in [0.15, 0.2) is 67.0 Å². The molecule has 1 heterocycles. The van der Waals surface area contributed by atoms with Crippen molar-refractivity contribution in [2.24, 2.45) is 0 Å². The summed E-state index contributed by atoms with van der Waals surface area (Å²) in [4.78, 5) is 12.1. The van der Waals surface area contributed by atoms with Crippen LogP contribution in [-0.2, 0) is 11.3 Å². The van der Waals surface area contributed by atoms with Crippen LogP contribution in [-0.4, -0.2) is 15.7 Å². The average molecular weight is 380 g/mol. The number of carbonyl (C=O) groups is 1. The van der Waals surface area contributed by atoms with Gasteiger partial charge < -0.3 is 5.32 Å². The minimum atomic E-state index is -0.194. The van der Waals surface area contributed by atoms with Gasteiger partial charge in [0.1, 0.15) is 0 Å². The lowest BCUT2D eigenvalue weighted by molar-refractivity contribution is -0.111. The van der Waals surface area contributed by atoms with Crippen molar-refractivity contribution in [3.05, 3.63) is 88.7 Å². The monoisotopic (exact) mass is 379 g/mol. The van der Waals surface area contributed by atoms with Gasteiger partial charge in [-0.2, -0.15) is 5.10 Å². The smallest absolute Gasteiger partial charge is 0.248 e. The van der Waals surface area contributed by atoms with Gasteiger partial charge >= 0.3 is 0 Å². The Morgan fingerprint density at radius 1 is 1.19 bits per heavy atom. The predicted molar refractivity (Wildman–Crippen MR) is 111 cm³/mol. The van der Waals surface area contributed by atoms with Gasteiger partial charge in [0.25, 0.3) is 0 Å². The van der Waals surface area contributed by atoms with Crippen molar-refractivity contribution in [2.45, 2.75) is 26.3 Å². The molecular formula is C22H22ClN3O. The Labute approximate surface area is 164 Å². The van der Waals surface area contributed by atoms with Gasteiger partial charge in [-0.1, -0.05) is 67.9 Å². The van der Waals surface area contributed by atoms with Crippen molar-refractivity contribution in [2.75, 3.05) is 5.32 Å². The summed E-state index contributed by atoms with van der Waals surface area (Å²) < 4.78 is 1.74. The Kier molecular flexibility index (Phi) is 6.09. The van der Waals surface area contributed by atoms with Gasteiger partial charge in [-0.3, -0.25) is 9.48 Å². The van der Waals surface area contributed by atoms with Crippen LogP contribution in [0.25, 0.3) is 6.08 Å². The largest absolute Gasteiger partial charge is 0.320 e. The second-order valence-electron chi connectivity index (χ2n) is 6.66. The third-order valence-electron chi connectivity index (χ3n) is 4.22. The molecule has 0 unspecified atom stereocenters. The molecule has 0 aliphatic heterocycles. The van der Waals surface area contributed by atoms with Crippen LogP contribution in [0.2, 0.25) is 5.02 Å². The molecule has 3 rings (SSSR count). The maximum Gasteiger partial charge on any atom is 0.248 e. The Morgan fingerprint density at radius 2 is 1.93 bits per heavy atom. The summed E-state index contributed by atoms with van der Waals surface area (Å²) in [6, 6.07) is 15.8. The summed E-state index contributed by atoms with van der Waals surface area (Å²) in [6.45, 7) is 4.86. The number of nitrogens with zero attached hydrogens (tertiary/aromatic N) is 2. The maximum absolute atomic E-state index is 12.1. The third-order valence-corrected chi connectivity index (χ3v) is 4.59. The van der Waals surface area contributed by atoms with Crippen molar-refractivity contribution in [3.8, 4) is 0 Å². The van der Waals surface area contributed by atoms with Gasteiger partial charge in [-0.15, -0.1) is 0 Å². The highest BCUT2D eigenvalue weighted by atomic mass is 35.5. The fourth-order valence-corrected chi connectivity index (χ4v) is 2.86. The van der Waals surface area contributed by atoms with Crippen LogP contribution < -0.4 is 5.32 Å². The molecular weight excluding hydrogens is 358 g/mol. The van der Waals surface area contributed by atoms with E-state index in [1.165, 1.54) is 11.6 Å². The highest BCUT2D eigenvalue weighted by molar-refractivity contribution is 6.31. The van der Waals surface area contributed by atoms with Gasteiger partial charge in [0.15, 0.2) is 0 Å². The van der Waals surface area contributed by atoms with E-state index in [2.05, 4.69) is 36.4 Å². The van der Waals surface area contributed by atoms with Crippen molar-refractivity contribution >= 4 is 29.3 Å². The number of benzene rings is 2. The van der Waals surface area contributed by atoms with Gasteiger partial charge in [0, 0.05) is 17.3 Å². The van der Waals surface area contributed by atoms with Gasteiger partial charge in [-0.25, -0.2) is 0 Å². The van der Waals surface area contributed by atoms with E-state index in [4.69, 9.17) is 11.6 Å². The fraction of sp³-hybridized carbons (Fsp3) is 0.182. The first-order valence-corrected chi connectivity index (χ1v) is 9.24. The van der Waals surface area contributed by atoms with Crippen LogP contribution in [0, 0.1) is 0 Å². The minimum absolute atomic E-state index is 0.194. The third kappa shape index (κ3) is 5.31. The highest BCUT2D eigenvalue weighted by Crippen LogP contribution is 2.17. The predicted octanol–water partition coefficient (Wildman–Crippen LogP) is 5.36. The number of amides is 1. The SMILES string of the molecule is CC(C)c1ccc(/C=C/C(=O)Nc2cnn(Cc3ccccc3Cl)c2)cc1. The number of carbonyl (C=O) groups excluding carboxylic acids is 1. The second kappa shape index (κ2) is 8.69. The summed E-state index contributed by atoms with van der Waals surface area (Å²) in [5, 5.41) is 7.79. The molecule has 0 aliphatic rings. The molecule has 1 N–H and O–H groups in total. The topological polar surface area (TPSA) is 46.9 Å². The number of halogens is 1. The maximum atomic E-state index is 12.1. The number of hydrogen-bond acceptors (Lipinski definition) is 2. The number of nitrogens with one attached hydrogen (secondary N) is 1. The van der Waals surface area contributed by atoms with E-state index in [9.17, 15) is 4.79 Å². The van der Waals surface area contributed by atoms with Crippen LogP contribution in [0.3, 0.4) is 0 Å². The minimum Gasteiger partial charge on any atom is -0.320 e. The van der Waals surface area contributed by atoms with Crippen LogP contribution in [0.1, 0.15) is 36.5 Å². The molecule has 0 bridgehead atoms. The van der Waals surface area contributed by atoms with Gasteiger partial charge in [0.05, 0.1) is 18.4 Å². The number of rotatable bonds is 6. The lowest BCUT2D eigenvalue weighted by Crippen LogP contribution is -2.07. The fourth-order valence-electron chi connectivity index (χ4n) is 2.66. The molecule has 3 aromatic rings. The average Bonchev–Trinajstić information content (AvgIpc) is 3.09. The van der Waals surface area contributed by atoms with Crippen molar-refractivity contribution in [1.29, 1.82) is 0 Å². The molecule has 138 valence electrons. The number of hydrogen-bond donors (Lipinski definition) is 1. The Balaban J connectivity index is 1.58. The lowest BCUT2D eigenvalue weighted by atomic mass is 10.0. The summed E-state index contributed by atoms with van der Waals surface area (Å²) in [5.41, 5.74) is 3.89. The van der Waals surface area contributed by atoms with E-state index >= 15 is 0 Å². The molecule has 0 saturated carbocycles. The summed E-state index contributed by atoms with van der Waals surface area (Å²) in [5.74, 6) is 0.300. The zero-order valence-electron chi connectivity index (χ0n) is 15.4. The molecule has 2 aromatic carbocycles. The normalized spacial score (nSPS) is 11.3. The molecule has 0 atom stereocenters. The zero-order valence-corrected chi connectivity index (χ0v) is 16.1. The quantitative estimate of drug-likeness (QED) is 0.586. The van der Waals surface area contributed by atoms with Crippen molar-refractivity contribution in [3.63, 3.8) is 0 Å². The number of aromatic nitrogens is 2. The van der Waals surface area contributed by atoms with E-state index in [-0.39, 0.29) is 5.91 Å². The molecule has 1 aromatic heterocycles. The molecule has 0 saturated heterocycles. The van der Waals surface area contributed by atoms with Gasteiger partial charge in [-0.05, 0) is 34.8 Å². The standard InChI is InChI=1S/C22H22ClN3O/c1-16(2)18-10-7-17(8-11-18)9-12-22(27)25-20-13-24-26(15-20)14-19-5-3-4-6-21(19)23/h3-13,15-16H,14H2,1-2H3,(H,25,27)/b12-9+. The van der Waals surface area contributed by atoms with Gasteiger partial charge in [0.2, 0.25) is 5.91 Å². The molecule has 0 spiro atoms. The molecule has 4 nitrogen and oxygen atoms in total. The highest BCUT2D eigenvalue weighted by Gasteiger charge is 2.05. The first-order valence-electron chi connectivity index (χ1n) is 8.86. The Hall–Kier alpha value is -2.85. The van der Waals surface area contributed by atoms with E-state index in [1.807, 2.05) is 36.4 Å². The lowest BCUT2D eigenvalue weighted by Gasteiger charge is -2.04. The molecule has 1 amide bonds. The summed E-state index contributed by atoms with van der Waals surface area (Å²) >= 11 is 6.17. The van der Waals surface area contributed by atoms with E-state index in [0.29, 0.717) is 23.2 Å². The van der Waals surface area contributed by atoms with Crippen LogP contribution in [0.5, 0.6) is 0 Å². The molecule has 0 aliphatic carbocycles. The second-order valence-corrected chi connectivity index (χ2v) is 7.07. The molecule has 0 fully saturated rings. The Bertz CT molecular complexity index is 942. The zero-order chi connectivity index (χ0) is 19.2. The molecule has 27 heavy (non-hydrogen) atoms. The van der Waals surface area contributed by atoms with E-state index in [0.717, 1.165) is 11.1 Å². The van der Waals surface area contributed by atoms with Crippen LogP contribution in [0.4, 0.5) is 5.69 Å². The van der Waals surface area contributed by atoms with E-state index in [1.54, 1.807) is 23.2 Å². The molecule has 5 heteroatoms. The first-order chi connectivity index (χ1) is 13.0. The molecule has 0 radical (unpaired) electrons. The number of anilines is 1. The van der Waals surface area contributed by atoms with Crippen LogP contribution >= 0.6 is 11.6 Å². The summed E-state index contributed by atoms with van der Waals surface area (Å²) in [6.07, 6.45) is 6.73. The first kappa shape index (κ1) is 18.9. The Morgan fingerprint density at radius 3 is 2.63 bits per heavy atom. The summed E-state index contributed by atoms with van der Waals surface area (Å²) in [7, 11) is 0. The van der Waals surface area contributed by atoms with Crippen molar-refractivity contribution < 1.29 is 4.79 Å². The van der Waals surface area contributed by atoms with Crippen molar-refractivity contribution in [1.82, 2.24) is 9.78 Å².